The zero-order valence-electron chi connectivity index (χ0n) is 13.1. The number of amides is 1. The van der Waals surface area contributed by atoms with Crippen LogP contribution in [0.1, 0.15) is 36.2 Å². The Hall–Kier alpha value is -1.36. The second-order valence-corrected chi connectivity index (χ2v) is 8.42. The van der Waals surface area contributed by atoms with E-state index in [1.807, 2.05) is 11.8 Å². The molecule has 4 nitrogen and oxygen atoms in total. The highest BCUT2D eigenvalue weighted by Gasteiger charge is 2.27. The summed E-state index contributed by atoms with van der Waals surface area (Å²) in [6.07, 6.45) is 2.29. The predicted molar refractivity (Wildman–Crippen MR) is 83.1 cm³/mol. The van der Waals surface area contributed by atoms with Crippen LogP contribution in [0.4, 0.5) is 0 Å². The minimum absolute atomic E-state index is 0.0589. The van der Waals surface area contributed by atoms with E-state index in [0.717, 1.165) is 31.3 Å². The highest BCUT2D eigenvalue weighted by molar-refractivity contribution is 7.90. The molecule has 0 aliphatic carbocycles. The van der Waals surface area contributed by atoms with Crippen molar-refractivity contribution < 1.29 is 13.2 Å². The largest absolute Gasteiger partial charge is 0.338 e. The van der Waals surface area contributed by atoms with E-state index < -0.39 is 9.84 Å². The summed E-state index contributed by atoms with van der Waals surface area (Å²) in [7, 11) is -3.30. The SMILES string of the molecule is Cc1ccc(S(C)(=O)=O)cc1C(=O)N1CC(C)CC(C)C1. The standard InChI is InChI=1S/C16H23NO3S/c1-11-7-12(2)10-17(9-11)16(18)15-8-14(21(4,19)20)6-5-13(15)3/h5-6,8,11-12H,7,9-10H2,1-4H3. The molecule has 1 amide bonds. The monoisotopic (exact) mass is 309 g/mol. The van der Waals surface area contributed by atoms with Gasteiger partial charge in [0.2, 0.25) is 0 Å². The molecule has 1 aromatic carbocycles. The van der Waals surface area contributed by atoms with Crippen molar-refractivity contribution in [3.63, 3.8) is 0 Å². The van der Waals surface area contributed by atoms with E-state index >= 15 is 0 Å². The van der Waals surface area contributed by atoms with Crippen LogP contribution in [0.25, 0.3) is 0 Å². The van der Waals surface area contributed by atoms with Crippen LogP contribution in [0.5, 0.6) is 0 Å². The van der Waals surface area contributed by atoms with E-state index in [0.29, 0.717) is 17.4 Å². The number of rotatable bonds is 2. The van der Waals surface area contributed by atoms with Crippen LogP contribution >= 0.6 is 0 Å². The van der Waals surface area contributed by atoms with Gasteiger partial charge in [-0.3, -0.25) is 4.79 Å². The minimum atomic E-state index is -3.30. The maximum Gasteiger partial charge on any atom is 0.254 e. The third kappa shape index (κ3) is 3.64. The third-order valence-corrected chi connectivity index (χ3v) is 5.13. The topological polar surface area (TPSA) is 54.5 Å². The third-order valence-electron chi connectivity index (χ3n) is 4.02. The fraction of sp³-hybridized carbons (Fsp3) is 0.562. The molecule has 0 aromatic heterocycles. The molecule has 1 heterocycles. The number of carbonyl (C=O) groups excluding carboxylic acids is 1. The summed E-state index contributed by atoms with van der Waals surface area (Å²) in [6, 6.07) is 4.78. The Bertz CT molecular complexity index is 641. The zero-order valence-corrected chi connectivity index (χ0v) is 13.9. The second kappa shape index (κ2) is 5.79. The molecule has 0 N–H and O–H groups in total. The molecule has 1 aromatic rings. The molecule has 5 heteroatoms. The summed E-state index contributed by atoms with van der Waals surface area (Å²) in [5, 5.41) is 0. The van der Waals surface area contributed by atoms with Gasteiger partial charge in [0.05, 0.1) is 4.90 Å². The Labute approximate surface area is 127 Å². The molecule has 2 rings (SSSR count). The van der Waals surface area contributed by atoms with Gasteiger partial charge < -0.3 is 4.90 Å². The molecule has 0 radical (unpaired) electrons. The van der Waals surface area contributed by atoms with E-state index in [1.54, 1.807) is 12.1 Å². The molecule has 1 fully saturated rings. The fourth-order valence-corrected chi connectivity index (χ4v) is 3.71. The quantitative estimate of drug-likeness (QED) is 0.843. The lowest BCUT2D eigenvalue weighted by Crippen LogP contribution is -2.42. The van der Waals surface area contributed by atoms with Crippen LogP contribution in [-0.2, 0) is 9.84 Å². The number of benzene rings is 1. The number of aryl methyl sites for hydroxylation is 1. The summed E-state index contributed by atoms with van der Waals surface area (Å²) in [5.74, 6) is 0.906. The van der Waals surface area contributed by atoms with Crippen LogP contribution in [0.2, 0.25) is 0 Å². The highest BCUT2D eigenvalue weighted by atomic mass is 32.2. The fourth-order valence-electron chi connectivity index (χ4n) is 3.06. The Morgan fingerprint density at radius 1 is 1.19 bits per heavy atom. The number of likely N-dealkylation sites (tertiary alicyclic amines) is 1. The van der Waals surface area contributed by atoms with Crippen molar-refractivity contribution in [2.75, 3.05) is 19.3 Å². The summed E-state index contributed by atoms with van der Waals surface area (Å²) < 4.78 is 23.3. The van der Waals surface area contributed by atoms with Crippen LogP contribution in [-0.4, -0.2) is 38.6 Å². The van der Waals surface area contributed by atoms with Crippen molar-refractivity contribution in [1.29, 1.82) is 0 Å². The van der Waals surface area contributed by atoms with Crippen molar-refractivity contribution >= 4 is 15.7 Å². The van der Waals surface area contributed by atoms with Crippen molar-refractivity contribution in [1.82, 2.24) is 4.90 Å². The molecule has 0 spiro atoms. The van der Waals surface area contributed by atoms with Gasteiger partial charge in [-0.25, -0.2) is 8.42 Å². The normalized spacial score (nSPS) is 23.1. The van der Waals surface area contributed by atoms with Crippen LogP contribution in [0.15, 0.2) is 23.1 Å². The number of nitrogens with zero attached hydrogens (tertiary/aromatic N) is 1. The number of piperidine rings is 1. The summed E-state index contributed by atoms with van der Waals surface area (Å²) in [6.45, 7) is 7.62. The molecule has 1 aliphatic heterocycles. The van der Waals surface area contributed by atoms with Crippen LogP contribution < -0.4 is 0 Å². The molecule has 0 saturated carbocycles. The Morgan fingerprint density at radius 2 is 1.76 bits per heavy atom. The first-order chi connectivity index (χ1) is 9.68. The van der Waals surface area contributed by atoms with Gasteiger partial charge in [0.1, 0.15) is 0 Å². The summed E-state index contributed by atoms with van der Waals surface area (Å²) >= 11 is 0. The maximum atomic E-state index is 12.7. The smallest absolute Gasteiger partial charge is 0.254 e. The summed E-state index contributed by atoms with van der Waals surface area (Å²) in [5.41, 5.74) is 1.32. The van der Waals surface area contributed by atoms with Gasteiger partial charge in [0, 0.05) is 24.9 Å². The molecule has 1 saturated heterocycles. The molecule has 0 bridgehead atoms. The molecule has 21 heavy (non-hydrogen) atoms. The van der Waals surface area contributed by atoms with Gasteiger partial charge in [-0.15, -0.1) is 0 Å². The van der Waals surface area contributed by atoms with Gasteiger partial charge >= 0.3 is 0 Å². The van der Waals surface area contributed by atoms with E-state index in [1.165, 1.54) is 6.07 Å². The first-order valence-corrected chi connectivity index (χ1v) is 9.17. The average Bonchev–Trinajstić information content (AvgIpc) is 2.36. The molecular formula is C16H23NO3S. The van der Waals surface area contributed by atoms with E-state index in [9.17, 15) is 13.2 Å². The number of carbonyl (C=O) groups is 1. The van der Waals surface area contributed by atoms with E-state index in [-0.39, 0.29) is 10.8 Å². The second-order valence-electron chi connectivity index (χ2n) is 6.41. The van der Waals surface area contributed by atoms with Gasteiger partial charge in [-0.2, -0.15) is 0 Å². The van der Waals surface area contributed by atoms with Crippen molar-refractivity contribution in [3.05, 3.63) is 29.3 Å². The van der Waals surface area contributed by atoms with Gasteiger partial charge in [-0.1, -0.05) is 19.9 Å². The minimum Gasteiger partial charge on any atom is -0.338 e. The van der Waals surface area contributed by atoms with E-state index in [2.05, 4.69) is 13.8 Å². The Morgan fingerprint density at radius 3 is 2.29 bits per heavy atom. The molecule has 2 atom stereocenters. The van der Waals surface area contributed by atoms with Crippen molar-refractivity contribution in [2.24, 2.45) is 11.8 Å². The lowest BCUT2D eigenvalue weighted by atomic mass is 9.91. The Kier molecular flexibility index (Phi) is 4.42. The van der Waals surface area contributed by atoms with Crippen molar-refractivity contribution in [3.8, 4) is 0 Å². The predicted octanol–water partition coefficient (Wildman–Crippen LogP) is 2.52. The molecule has 1 aliphatic rings. The van der Waals surface area contributed by atoms with E-state index in [4.69, 9.17) is 0 Å². The number of sulfone groups is 1. The first kappa shape index (κ1) is 16.0. The van der Waals surface area contributed by atoms with Crippen LogP contribution in [0, 0.1) is 18.8 Å². The highest BCUT2D eigenvalue weighted by Crippen LogP contribution is 2.24. The first-order valence-electron chi connectivity index (χ1n) is 7.28. The Balaban J connectivity index is 2.34. The zero-order chi connectivity index (χ0) is 15.8. The van der Waals surface area contributed by atoms with Crippen LogP contribution in [0.3, 0.4) is 0 Å². The molecule has 116 valence electrons. The maximum absolute atomic E-state index is 12.7. The van der Waals surface area contributed by atoms with Gasteiger partial charge in [-0.05, 0) is 42.9 Å². The molecule has 2 unspecified atom stereocenters. The van der Waals surface area contributed by atoms with Gasteiger partial charge in [0.25, 0.3) is 5.91 Å². The summed E-state index contributed by atoms with van der Waals surface area (Å²) in [4.78, 5) is 14.8. The lowest BCUT2D eigenvalue weighted by Gasteiger charge is -2.35. The lowest BCUT2D eigenvalue weighted by molar-refractivity contribution is 0.0622. The van der Waals surface area contributed by atoms with Crippen molar-refractivity contribution in [2.45, 2.75) is 32.1 Å². The average molecular weight is 309 g/mol. The van der Waals surface area contributed by atoms with Gasteiger partial charge in [0.15, 0.2) is 9.84 Å². The molecular weight excluding hydrogens is 286 g/mol. The number of hydrogen-bond acceptors (Lipinski definition) is 3. The number of hydrogen-bond donors (Lipinski definition) is 0.